The Morgan fingerprint density at radius 3 is 2.38 bits per heavy atom. The van der Waals surface area contributed by atoms with Crippen LogP contribution in [0.1, 0.15) is 118 Å². The van der Waals surface area contributed by atoms with Gasteiger partial charge in [0.1, 0.15) is 0 Å². The lowest BCUT2D eigenvalue weighted by atomic mass is 9.27. The van der Waals surface area contributed by atoms with Crippen molar-refractivity contribution in [2.24, 2.45) is 61.6 Å². The Kier molecular flexibility index (Phi) is 6.48. The zero-order valence-corrected chi connectivity index (χ0v) is 28.2. The second-order valence-corrected chi connectivity index (χ2v) is 18.9. The first-order valence-corrected chi connectivity index (χ1v) is 18.4. The lowest BCUT2D eigenvalue weighted by molar-refractivity contribution is -0.282. The van der Waals surface area contributed by atoms with E-state index in [1.807, 2.05) is 13.0 Å². The van der Waals surface area contributed by atoms with Crippen LogP contribution in [0.4, 0.5) is 0 Å². The minimum Gasteiger partial charge on any atom is -0.396 e. The summed E-state index contributed by atoms with van der Waals surface area (Å²) in [6.45, 7) is 8.66. The van der Waals surface area contributed by atoms with Crippen LogP contribution >= 0.6 is 0 Å². The molecular formula is C39H58O6. The van der Waals surface area contributed by atoms with Crippen molar-refractivity contribution in [1.29, 1.82) is 0 Å². The van der Waals surface area contributed by atoms with Gasteiger partial charge in [-0.15, -0.1) is 0 Å². The summed E-state index contributed by atoms with van der Waals surface area (Å²) >= 11 is 0. The number of ketones is 1. The quantitative estimate of drug-likeness (QED) is 0.266. The van der Waals surface area contributed by atoms with Crippen LogP contribution in [0.3, 0.4) is 0 Å². The van der Waals surface area contributed by atoms with Gasteiger partial charge >= 0.3 is 0 Å². The third kappa shape index (κ3) is 3.29. The monoisotopic (exact) mass is 622 g/mol. The number of carbonyl (C=O) groups is 1. The highest BCUT2D eigenvalue weighted by molar-refractivity contribution is 5.96. The molecule has 0 saturated heterocycles. The first kappa shape index (κ1) is 31.2. The Hall–Kier alpha value is -1.05. The number of aliphatic hydroxyl groups excluding tert-OH is 4. The van der Waals surface area contributed by atoms with Crippen LogP contribution in [0.2, 0.25) is 0 Å². The van der Waals surface area contributed by atoms with Gasteiger partial charge in [0, 0.05) is 16.7 Å². The van der Waals surface area contributed by atoms with Gasteiger partial charge in [-0.05, 0) is 122 Å². The van der Waals surface area contributed by atoms with Crippen molar-refractivity contribution in [3.63, 3.8) is 0 Å². The first-order chi connectivity index (χ1) is 21.2. The van der Waals surface area contributed by atoms with Crippen molar-refractivity contribution in [3.05, 3.63) is 23.8 Å². The minimum atomic E-state index is -1.16. The highest BCUT2D eigenvalue weighted by Gasteiger charge is 2.80. The summed E-state index contributed by atoms with van der Waals surface area (Å²) in [5, 5.41) is 57.9. The summed E-state index contributed by atoms with van der Waals surface area (Å²) in [6.07, 6.45) is 17.2. The summed E-state index contributed by atoms with van der Waals surface area (Å²) in [7, 11) is 0. The second kappa shape index (κ2) is 9.34. The highest BCUT2D eigenvalue weighted by atomic mass is 16.3. The van der Waals surface area contributed by atoms with Gasteiger partial charge in [-0.3, -0.25) is 4.79 Å². The van der Waals surface area contributed by atoms with Gasteiger partial charge in [0.15, 0.2) is 5.78 Å². The molecule has 0 aliphatic heterocycles. The Morgan fingerprint density at radius 1 is 0.911 bits per heavy atom. The summed E-state index contributed by atoms with van der Waals surface area (Å²) < 4.78 is 0. The molecule has 0 radical (unpaired) electrons. The van der Waals surface area contributed by atoms with E-state index in [4.69, 9.17) is 0 Å². The van der Waals surface area contributed by atoms with E-state index >= 15 is 4.79 Å². The molecule has 250 valence electrons. The molecule has 8 rings (SSSR count). The van der Waals surface area contributed by atoms with Crippen LogP contribution in [0.5, 0.6) is 0 Å². The topological polar surface area (TPSA) is 118 Å². The smallest absolute Gasteiger partial charge is 0.159 e. The first-order valence-electron chi connectivity index (χ1n) is 18.4. The summed E-state index contributed by atoms with van der Waals surface area (Å²) in [5.41, 5.74) is -2.77. The zero-order valence-electron chi connectivity index (χ0n) is 28.2. The van der Waals surface area contributed by atoms with E-state index in [0.717, 1.165) is 77.0 Å². The van der Waals surface area contributed by atoms with Gasteiger partial charge in [0.05, 0.1) is 31.0 Å². The standard InChI is InChI=1S/C39H58O6/c1-32(2)19-26-25-18-27(42)31-35-12-5-6-13-36(31,16-10-28(35)34(4,30(44)20-40)29(43)11-15-35)33(25,3)22-38(45)17-9-24-8-7-14-37(24,21-32)39(26,38)23-41/h9,17-18,24,26,28-31,40-41,43-45H,5-8,10-16,19-23H2,1-4H3/t24-,26-,28-,29+,30-,31-,33-,34+,35+,36-,37+,38+,39-/m1/s1. The molecule has 13 atom stereocenters. The molecule has 0 aromatic carbocycles. The van der Waals surface area contributed by atoms with Crippen molar-refractivity contribution in [2.45, 2.75) is 135 Å². The fourth-order valence-corrected chi connectivity index (χ4v) is 15.9. The predicted molar refractivity (Wildman–Crippen MR) is 172 cm³/mol. The molecule has 0 heterocycles. The van der Waals surface area contributed by atoms with Crippen molar-refractivity contribution >= 4 is 5.78 Å². The van der Waals surface area contributed by atoms with Gasteiger partial charge in [0.2, 0.25) is 0 Å². The maximum atomic E-state index is 15.2. The van der Waals surface area contributed by atoms with Gasteiger partial charge in [-0.1, -0.05) is 64.7 Å². The lowest BCUT2D eigenvalue weighted by Crippen LogP contribution is -2.76. The third-order valence-corrected chi connectivity index (χ3v) is 17.3. The number of allylic oxidation sites excluding steroid dienone is 3. The molecule has 8 aliphatic carbocycles. The normalized spacial score (nSPS) is 56.5. The average molecular weight is 623 g/mol. The number of carbonyl (C=O) groups excluding carboxylic acids is 1. The SMILES string of the molecule is CC1(C)C[C@@H]2C3=CC(=O)[C@@H]4[C@]56CCCC[C@]4(CC[C@@H]5[C@](C)([C@H](O)CO)[C@@H](O)CC6)[C@]3(C)C[C@@]3(O)C=C[C@H]4CCC[C@@]4(C1)[C@@]23CO. The van der Waals surface area contributed by atoms with Crippen molar-refractivity contribution in [3.8, 4) is 0 Å². The molecule has 0 aromatic heterocycles. The molecule has 45 heavy (non-hydrogen) atoms. The molecule has 0 amide bonds. The minimum absolute atomic E-state index is 0.0265. The van der Waals surface area contributed by atoms with E-state index in [1.54, 1.807) is 0 Å². The number of fused-ring (bicyclic) bond motifs is 2. The van der Waals surface area contributed by atoms with Crippen LogP contribution in [0.25, 0.3) is 0 Å². The van der Waals surface area contributed by atoms with Gasteiger partial charge in [-0.25, -0.2) is 0 Å². The molecule has 0 unspecified atom stereocenters. The maximum absolute atomic E-state index is 15.2. The molecule has 0 aromatic rings. The molecule has 6 fully saturated rings. The van der Waals surface area contributed by atoms with Crippen molar-refractivity contribution in [1.82, 2.24) is 0 Å². The molecule has 2 spiro atoms. The Labute approximate surface area is 269 Å². The lowest BCUT2D eigenvalue weighted by Gasteiger charge is -2.77. The second-order valence-electron chi connectivity index (χ2n) is 18.9. The van der Waals surface area contributed by atoms with Crippen LogP contribution in [-0.4, -0.2) is 62.3 Å². The van der Waals surface area contributed by atoms with E-state index in [-0.39, 0.29) is 51.8 Å². The van der Waals surface area contributed by atoms with Crippen LogP contribution < -0.4 is 0 Å². The average Bonchev–Trinajstić information content (AvgIpc) is 3.34. The number of aliphatic hydroxyl groups is 5. The fourth-order valence-electron chi connectivity index (χ4n) is 15.9. The van der Waals surface area contributed by atoms with E-state index in [0.29, 0.717) is 18.8 Å². The molecule has 5 N–H and O–H groups in total. The molecule has 6 saturated carbocycles. The van der Waals surface area contributed by atoms with Crippen LogP contribution in [0, 0.1) is 61.6 Å². The van der Waals surface area contributed by atoms with Crippen LogP contribution in [0.15, 0.2) is 23.8 Å². The molecule has 2 bridgehead atoms. The number of rotatable bonds is 3. The predicted octanol–water partition coefficient (Wildman–Crippen LogP) is 5.50. The van der Waals surface area contributed by atoms with Crippen LogP contribution in [-0.2, 0) is 4.79 Å². The Morgan fingerprint density at radius 2 is 1.64 bits per heavy atom. The Balaban J connectivity index is 1.36. The summed E-state index contributed by atoms with van der Waals surface area (Å²) in [4.78, 5) is 15.2. The van der Waals surface area contributed by atoms with Crippen molar-refractivity contribution in [2.75, 3.05) is 13.2 Å². The highest BCUT2D eigenvalue weighted by Crippen LogP contribution is 2.83. The molecular weight excluding hydrogens is 564 g/mol. The maximum Gasteiger partial charge on any atom is 0.159 e. The van der Waals surface area contributed by atoms with Gasteiger partial charge in [-0.2, -0.15) is 0 Å². The summed E-state index contributed by atoms with van der Waals surface area (Å²) in [5.74, 6) is 0.204. The van der Waals surface area contributed by atoms with E-state index in [9.17, 15) is 25.5 Å². The fraction of sp³-hybridized carbons (Fsp3) is 0.872. The van der Waals surface area contributed by atoms with Crippen molar-refractivity contribution < 1.29 is 30.3 Å². The molecule has 6 heteroatoms. The third-order valence-electron chi connectivity index (χ3n) is 17.3. The Bertz CT molecular complexity index is 1350. The van der Waals surface area contributed by atoms with Gasteiger partial charge in [0.25, 0.3) is 0 Å². The number of hydrogen-bond donors (Lipinski definition) is 5. The van der Waals surface area contributed by atoms with E-state index in [1.165, 1.54) is 5.57 Å². The zero-order chi connectivity index (χ0) is 32.1. The number of hydrogen-bond acceptors (Lipinski definition) is 6. The van der Waals surface area contributed by atoms with E-state index < -0.39 is 40.7 Å². The molecule has 6 nitrogen and oxygen atoms in total. The largest absolute Gasteiger partial charge is 0.396 e. The summed E-state index contributed by atoms with van der Waals surface area (Å²) in [6, 6.07) is 0. The molecule has 8 aliphatic rings. The van der Waals surface area contributed by atoms with Gasteiger partial charge < -0.3 is 25.5 Å². The van der Waals surface area contributed by atoms with E-state index in [2.05, 4.69) is 32.9 Å².